The normalized spacial score (nSPS) is 15.3. The van der Waals surface area contributed by atoms with Crippen LogP contribution in [0.2, 0.25) is 0 Å². The van der Waals surface area contributed by atoms with Gasteiger partial charge >= 0.3 is 0 Å². The number of nitrogens with zero attached hydrogens (tertiary/aromatic N) is 1. The molecular weight excluding hydrogens is 200 g/mol. The van der Waals surface area contributed by atoms with Crippen molar-refractivity contribution in [3.63, 3.8) is 0 Å². The van der Waals surface area contributed by atoms with Gasteiger partial charge in [0.1, 0.15) is 0 Å². The maximum atomic E-state index is 12.2. The Morgan fingerprint density at radius 3 is 2.00 bits per heavy atom. The molecule has 0 bridgehead atoms. The van der Waals surface area contributed by atoms with Crippen molar-refractivity contribution in [3.8, 4) is 0 Å². The van der Waals surface area contributed by atoms with Gasteiger partial charge in [-0.2, -0.15) is 0 Å². The van der Waals surface area contributed by atoms with Crippen molar-refractivity contribution in [2.24, 2.45) is 23.5 Å². The van der Waals surface area contributed by atoms with Crippen molar-refractivity contribution in [1.29, 1.82) is 0 Å². The molecule has 0 aliphatic rings. The lowest BCUT2D eigenvalue weighted by Crippen LogP contribution is -2.44. The van der Waals surface area contributed by atoms with Crippen molar-refractivity contribution in [3.05, 3.63) is 0 Å². The zero-order chi connectivity index (χ0) is 12.9. The third kappa shape index (κ3) is 4.52. The Hall–Kier alpha value is -0.570. The lowest BCUT2D eigenvalue weighted by Gasteiger charge is -2.31. The molecule has 2 unspecified atom stereocenters. The summed E-state index contributed by atoms with van der Waals surface area (Å²) in [5.74, 6) is 1.16. The Morgan fingerprint density at radius 1 is 1.19 bits per heavy atom. The zero-order valence-electron chi connectivity index (χ0n) is 11.7. The van der Waals surface area contributed by atoms with Gasteiger partial charge in [0, 0.05) is 19.6 Å². The molecule has 0 saturated carbocycles. The van der Waals surface area contributed by atoms with E-state index >= 15 is 0 Å². The summed E-state index contributed by atoms with van der Waals surface area (Å²) in [6.07, 6.45) is 0.879. The smallest absolute Gasteiger partial charge is 0.226 e. The molecule has 96 valence electrons. The summed E-state index contributed by atoms with van der Waals surface area (Å²) in [6, 6.07) is 0.272. The molecule has 0 aromatic rings. The Morgan fingerprint density at radius 2 is 1.69 bits per heavy atom. The van der Waals surface area contributed by atoms with Gasteiger partial charge in [-0.3, -0.25) is 4.79 Å². The number of carbonyl (C=O) groups is 1. The van der Waals surface area contributed by atoms with E-state index in [0.29, 0.717) is 18.4 Å². The van der Waals surface area contributed by atoms with Gasteiger partial charge < -0.3 is 10.6 Å². The van der Waals surface area contributed by atoms with Gasteiger partial charge in [0.25, 0.3) is 0 Å². The standard InChI is InChI=1S/C13H28N2O/c1-9(2)7-12(8-14)13(16)15(6)11(5)10(3)4/h9-12H,7-8,14H2,1-6H3. The van der Waals surface area contributed by atoms with Gasteiger partial charge in [-0.05, 0) is 25.2 Å². The molecule has 0 fully saturated rings. The summed E-state index contributed by atoms with van der Waals surface area (Å²) in [7, 11) is 1.88. The molecule has 0 aromatic carbocycles. The third-order valence-corrected chi connectivity index (χ3v) is 3.31. The van der Waals surface area contributed by atoms with E-state index in [2.05, 4.69) is 34.6 Å². The topological polar surface area (TPSA) is 46.3 Å². The minimum absolute atomic E-state index is 0.0220. The number of nitrogens with two attached hydrogens (primary N) is 1. The summed E-state index contributed by atoms with van der Waals surface area (Å²) in [5.41, 5.74) is 5.69. The summed E-state index contributed by atoms with van der Waals surface area (Å²) in [5, 5.41) is 0. The maximum absolute atomic E-state index is 12.2. The second-order valence-corrected chi connectivity index (χ2v) is 5.50. The molecule has 0 spiro atoms. The number of amides is 1. The predicted octanol–water partition coefficient (Wildman–Crippen LogP) is 2.11. The molecule has 2 atom stereocenters. The highest BCUT2D eigenvalue weighted by atomic mass is 16.2. The predicted molar refractivity (Wildman–Crippen MR) is 69.1 cm³/mol. The molecule has 16 heavy (non-hydrogen) atoms. The van der Waals surface area contributed by atoms with Gasteiger partial charge in [-0.25, -0.2) is 0 Å². The van der Waals surface area contributed by atoms with Gasteiger partial charge in [0.15, 0.2) is 0 Å². The van der Waals surface area contributed by atoms with Crippen LogP contribution in [0.15, 0.2) is 0 Å². The number of hydrogen-bond donors (Lipinski definition) is 1. The Kier molecular flexibility index (Phi) is 6.65. The lowest BCUT2D eigenvalue weighted by atomic mass is 9.94. The molecule has 0 aliphatic heterocycles. The van der Waals surface area contributed by atoms with Crippen LogP contribution in [-0.2, 0) is 4.79 Å². The highest BCUT2D eigenvalue weighted by Gasteiger charge is 2.25. The van der Waals surface area contributed by atoms with Crippen molar-refractivity contribution < 1.29 is 4.79 Å². The molecule has 3 nitrogen and oxygen atoms in total. The SMILES string of the molecule is CC(C)CC(CN)C(=O)N(C)C(C)C(C)C. The van der Waals surface area contributed by atoms with Crippen LogP contribution in [0.3, 0.4) is 0 Å². The molecule has 0 heterocycles. The van der Waals surface area contributed by atoms with E-state index in [9.17, 15) is 4.79 Å². The van der Waals surface area contributed by atoms with Crippen molar-refractivity contribution in [2.45, 2.75) is 47.1 Å². The van der Waals surface area contributed by atoms with Crippen LogP contribution in [0, 0.1) is 17.8 Å². The summed E-state index contributed by atoms with van der Waals surface area (Å²) >= 11 is 0. The first-order valence-corrected chi connectivity index (χ1v) is 6.27. The summed E-state index contributed by atoms with van der Waals surface area (Å²) in [6.45, 7) is 11.1. The van der Waals surface area contributed by atoms with Crippen LogP contribution in [0.5, 0.6) is 0 Å². The lowest BCUT2D eigenvalue weighted by molar-refractivity contribution is -0.137. The van der Waals surface area contributed by atoms with E-state index in [4.69, 9.17) is 5.73 Å². The van der Waals surface area contributed by atoms with Crippen molar-refractivity contribution in [1.82, 2.24) is 4.90 Å². The van der Waals surface area contributed by atoms with E-state index < -0.39 is 0 Å². The van der Waals surface area contributed by atoms with E-state index in [0.717, 1.165) is 6.42 Å². The van der Waals surface area contributed by atoms with E-state index in [-0.39, 0.29) is 17.9 Å². The highest BCUT2D eigenvalue weighted by molar-refractivity contribution is 5.79. The van der Waals surface area contributed by atoms with Crippen LogP contribution >= 0.6 is 0 Å². The first kappa shape index (κ1) is 15.4. The largest absolute Gasteiger partial charge is 0.343 e. The molecule has 1 amide bonds. The van der Waals surface area contributed by atoms with Gasteiger partial charge in [-0.1, -0.05) is 27.7 Å². The molecule has 2 N–H and O–H groups in total. The molecule has 0 rings (SSSR count). The quantitative estimate of drug-likeness (QED) is 0.757. The monoisotopic (exact) mass is 228 g/mol. The van der Waals surface area contributed by atoms with Crippen LogP contribution in [0.1, 0.15) is 41.0 Å². The van der Waals surface area contributed by atoms with Crippen LogP contribution in [0.25, 0.3) is 0 Å². The van der Waals surface area contributed by atoms with Crippen LogP contribution < -0.4 is 5.73 Å². The fraction of sp³-hybridized carbons (Fsp3) is 0.923. The number of hydrogen-bond acceptors (Lipinski definition) is 2. The second kappa shape index (κ2) is 6.89. The maximum Gasteiger partial charge on any atom is 0.226 e. The minimum atomic E-state index is -0.0220. The molecule has 0 aromatic heterocycles. The van der Waals surface area contributed by atoms with Gasteiger partial charge in [0.2, 0.25) is 5.91 Å². The molecular formula is C13H28N2O. The van der Waals surface area contributed by atoms with Gasteiger partial charge in [0.05, 0.1) is 5.92 Å². The Bertz CT molecular complexity index is 210. The fourth-order valence-corrected chi connectivity index (χ4v) is 1.80. The highest BCUT2D eigenvalue weighted by Crippen LogP contribution is 2.16. The molecule has 3 heteroatoms. The van der Waals surface area contributed by atoms with Crippen molar-refractivity contribution in [2.75, 3.05) is 13.6 Å². The third-order valence-electron chi connectivity index (χ3n) is 3.31. The zero-order valence-corrected chi connectivity index (χ0v) is 11.7. The number of carbonyl (C=O) groups excluding carboxylic acids is 1. The first-order valence-electron chi connectivity index (χ1n) is 6.27. The average molecular weight is 228 g/mol. The second-order valence-electron chi connectivity index (χ2n) is 5.50. The molecule has 0 aliphatic carbocycles. The minimum Gasteiger partial charge on any atom is -0.343 e. The van der Waals surface area contributed by atoms with Gasteiger partial charge in [-0.15, -0.1) is 0 Å². The summed E-state index contributed by atoms with van der Waals surface area (Å²) < 4.78 is 0. The molecule has 0 radical (unpaired) electrons. The van der Waals surface area contributed by atoms with Crippen LogP contribution in [-0.4, -0.2) is 30.4 Å². The van der Waals surface area contributed by atoms with E-state index in [1.807, 2.05) is 11.9 Å². The Labute approximate surface area is 100 Å². The molecule has 0 saturated heterocycles. The van der Waals surface area contributed by atoms with E-state index in [1.165, 1.54) is 0 Å². The average Bonchev–Trinajstić information content (AvgIpc) is 2.22. The summed E-state index contributed by atoms with van der Waals surface area (Å²) in [4.78, 5) is 14.1. The van der Waals surface area contributed by atoms with E-state index in [1.54, 1.807) is 0 Å². The fourth-order valence-electron chi connectivity index (χ4n) is 1.80. The van der Waals surface area contributed by atoms with Crippen molar-refractivity contribution >= 4 is 5.91 Å². The number of rotatable bonds is 6. The Balaban J connectivity index is 4.49. The first-order chi connectivity index (χ1) is 7.31. The van der Waals surface area contributed by atoms with Crippen LogP contribution in [0.4, 0.5) is 0 Å².